The molecule has 0 bridgehead atoms. The number of hydrogen-bond acceptors (Lipinski definition) is 3. The van der Waals surface area contributed by atoms with Crippen molar-refractivity contribution in [1.29, 1.82) is 0 Å². The molecule has 0 aliphatic heterocycles. The number of ether oxygens (including phenoxy) is 2. The summed E-state index contributed by atoms with van der Waals surface area (Å²) in [7, 11) is 0. The summed E-state index contributed by atoms with van der Waals surface area (Å²) in [5, 5.41) is 0.726. The number of carbonyl (C=O) groups excluding carboxylic acids is 1. The Bertz CT molecular complexity index is 121. The van der Waals surface area contributed by atoms with Gasteiger partial charge in [-0.3, -0.25) is 0 Å². The van der Waals surface area contributed by atoms with E-state index in [4.69, 9.17) is 9.47 Å². The fraction of sp³-hybridized carbons (Fsp3) is 0.875. The first kappa shape index (κ1) is 12.1. The molecule has 0 aliphatic rings. The summed E-state index contributed by atoms with van der Waals surface area (Å²) in [5.41, 5.74) is 0. The average Bonchev–Trinajstić information content (AvgIpc) is 2.01. The topological polar surface area (TPSA) is 35.5 Å². The summed E-state index contributed by atoms with van der Waals surface area (Å²) in [6.45, 7) is 6.73. The second kappa shape index (κ2) is 7.74. The van der Waals surface area contributed by atoms with Crippen LogP contribution in [-0.4, -0.2) is 39.1 Å². The Hall–Kier alpha value is 0.109. The van der Waals surface area contributed by atoms with Crippen LogP contribution in [0.4, 0.5) is 0 Å². The van der Waals surface area contributed by atoms with Gasteiger partial charge in [-0.1, -0.05) is 0 Å². The summed E-state index contributed by atoms with van der Waals surface area (Å²) < 4.78 is 10.8. The van der Waals surface area contributed by atoms with Gasteiger partial charge in [0.1, 0.15) is 0 Å². The number of hydrogen-bond donors (Lipinski definition) is 0. The molecule has 0 saturated carbocycles. The molecule has 0 spiro atoms. The van der Waals surface area contributed by atoms with Crippen molar-refractivity contribution >= 4 is 19.6 Å². The summed E-state index contributed by atoms with van der Waals surface area (Å²) in [4.78, 5) is 10.7. The molecule has 0 atom stereocenters. The van der Waals surface area contributed by atoms with E-state index in [-0.39, 0.29) is 25.9 Å². The van der Waals surface area contributed by atoms with Crippen molar-refractivity contribution in [2.24, 2.45) is 0 Å². The molecule has 0 N–H and O–H groups in total. The zero-order valence-electron chi connectivity index (χ0n) is 7.83. The molecule has 3 nitrogen and oxygen atoms in total. The van der Waals surface area contributed by atoms with E-state index in [2.05, 4.69) is 0 Å². The molecule has 0 fully saturated rings. The van der Waals surface area contributed by atoms with E-state index in [9.17, 15) is 4.79 Å². The van der Waals surface area contributed by atoms with Gasteiger partial charge in [0.15, 0.2) is 0 Å². The molecule has 0 aromatic heterocycles. The van der Waals surface area contributed by atoms with Crippen LogP contribution < -0.4 is 0 Å². The quantitative estimate of drug-likeness (QED) is 0.492. The number of rotatable bonds is 7. The van der Waals surface area contributed by atoms with E-state index >= 15 is 0 Å². The maximum absolute atomic E-state index is 10.7. The van der Waals surface area contributed by atoms with E-state index in [1.165, 1.54) is 0 Å². The normalized spacial score (nSPS) is 10.7. The standard InChI is InChI=1S/C8H16O3Se/c1-4-10-8(11-5-2)6-12-7(3)9/h8H,4-6H2,1-3H3. The van der Waals surface area contributed by atoms with Gasteiger partial charge >= 0.3 is 79.5 Å². The molecule has 0 aliphatic carbocycles. The Kier molecular flexibility index (Phi) is 7.81. The molecule has 0 aromatic carbocycles. The van der Waals surface area contributed by atoms with Gasteiger partial charge in [-0.2, -0.15) is 0 Å². The minimum atomic E-state index is -0.177. The van der Waals surface area contributed by atoms with Crippen molar-refractivity contribution in [2.75, 3.05) is 13.2 Å². The Morgan fingerprint density at radius 3 is 2.17 bits per heavy atom. The molecular formula is C8H16O3Se. The van der Waals surface area contributed by atoms with Gasteiger partial charge in [-0.25, -0.2) is 0 Å². The Balaban J connectivity index is 3.54. The van der Waals surface area contributed by atoms with Crippen LogP contribution in [0.2, 0.25) is 5.32 Å². The van der Waals surface area contributed by atoms with Crippen LogP contribution in [0.5, 0.6) is 0 Å². The third kappa shape index (κ3) is 6.80. The third-order valence-electron chi connectivity index (χ3n) is 1.13. The van der Waals surface area contributed by atoms with Gasteiger partial charge in [0.25, 0.3) is 0 Å². The molecule has 0 radical (unpaired) electrons. The van der Waals surface area contributed by atoms with Crippen LogP contribution in [-0.2, 0) is 14.3 Å². The van der Waals surface area contributed by atoms with Gasteiger partial charge in [0.2, 0.25) is 0 Å². The number of carbonyl (C=O) groups is 1. The predicted molar refractivity (Wildman–Crippen MR) is 48.3 cm³/mol. The van der Waals surface area contributed by atoms with Crippen molar-refractivity contribution in [2.45, 2.75) is 32.4 Å². The zero-order chi connectivity index (χ0) is 9.40. The fourth-order valence-corrected chi connectivity index (χ4v) is 1.88. The first-order valence-corrected chi connectivity index (χ1v) is 6.14. The average molecular weight is 239 g/mol. The van der Waals surface area contributed by atoms with Crippen molar-refractivity contribution in [1.82, 2.24) is 0 Å². The zero-order valence-corrected chi connectivity index (χ0v) is 9.54. The fourth-order valence-electron chi connectivity index (χ4n) is 0.702. The molecule has 0 heterocycles. The van der Waals surface area contributed by atoms with E-state index < -0.39 is 0 Å². The van der Waals surface area contributed by atoms with Gasteiger partial charge < -0.3 is 0 Å². The minimum absolute atomic E-state index is 0.00894. The van der Waals surface area contributed by atoms with E-state index in [0.29, 0.717) is 13.2 Å². The molecule has 0 unspecified atom stereocenters. The molecule has 12 heavy (non-hydrogen) atoms. The summed E-state index contributed by atoms with van der Waals surface area (Å²) >= 11 is 0.00894. The summed E-state index contributed by atoms with van der Waals surface area (Å²) in [5.74, 6) is 0. The predicted octanol–water partition coefficient (Wildman–Crippen LogP) is 1.05. The van der Waals surface area contributed by atoms with Crippen LogP contribution in [0.1, 0.15) is 20.8 Å². The SMILES string of the molecule is CCOC(C[Se]C(C)=O)OCC. The molecule has 0 saturated heterocycles. The van der Waals surface area contributed by atoms with Gasteiger partial charge in [-0.15, -0.1) is 0 Å². The van der Waals surface area contributed by atoms with E-state index in [1.54, 1.807) is 6.92 Å². The molecule has 0 aromatic rings. The van der Waals surface area contributed by atoms with Crippen molar-refractivity contribution < 1.29 is 14.3 Å². The Labute approximate surface area is 80.0 Å². The Morgan fingerprint density at radius 1 is 1.33 bits per heavy atom. The summed E-state index contributed by atoms with van der Waals surface area (Å²) in [6.07, 6.45) is -0.177. The molecular weight excluding hydrogens is 223 g/mol. The van der Waals surface area contributed by atoms with Gasteiger partial charge in [-0.05, 0) is 0 Å². The van der Waals surface area contributed by atoms with E-state index in [0.717, 1.165) is 5.32 Å². The maximum atomic E-state index is 10.7. The van der Waals surface area contributed by atoms with Crippen LogP contribution >= 0.6 is 0 Å². The molecule has 0 rings (SSSR count). The third-order valence-corrected chi connectivity index (χ3v) is 2.90. The van der Waals surface area contributed by atoms with Crippen molar-refractivity contribution in [3.05, 3.63) is 0 Å². The summed E-state index contributed by atoms with van der Waals surface area (Å²) in [6, 6.07) is 0. The van der Waals surface area contributed by atoms with Crippen molar-refractivity contribution in [3.8, 4) is 0 Å². The van der Waals surface area contributed by atoms with Crippen LogP contribution in [0.25, 0.3) is 0 Å². The van der Waals surface area contributed by atoms with Crippen LogP contribution in [0.15, 0.2) is 0 Å². The first-order chi connectivity index (χ1) is 5.70. The molecule has 4 heteroatoms. The molecule has 72 valence electrons. The second-order valence-corrected chi connectivity index (χ2v) is 4.65. The van der Waals surface area contributed by atoms with Crippen LogP contribution in [0.3, 0.4) is 0 Å². The Morgan fingerprint density at radius 2 is 1.83 bits per heavy atom. The monoisotopic (exact) mass is 240 g/mol. The van der Waals surface area contributed by atoms with E-state index in [1.807, 2.05) is 13.8 Å². The van der Waals surface area contributed by atoms with Gasteiger partial charge in [0, 0.05) is 0 Å². The van der Waals surface area contributed by atoms with Gasteiger partial charge in [0.05, 0.1) is 0 Å². The second-order valence-electron chi connectivity index (χ2n) is 2.14. The van der Waals surface area contributed by atoms with Crippen molar-refractivity contribution in [3.63, 3.8) is 0 Å². The van der Waals surface area contributed by atoms with Crippen LogP contribution in [0, 0.1) is 0 Å². The molecule has 0 amide bonds. The first-order valence-electron chi connectivity index (χ1n) is 4.07.